The summed E-state index contributed by atoms with van der Waals surface area (Å²) < 4.78 is 6.47. The van der Waals surface area contributed by atoms with Gasteiger partial charge in [0.25, 0.3) is 0 Å². The first-order valence-corrected chi connectivity index (χ1v) is 10.1. The number of hydrogen-bond donors (Lipinski definition) is 2. The Labute approximate surface area is 161 Å². The van der Waals surface area contributed by atoms with Crippen molar-refractivity contribution in [2.75, 3.05) is 6.54 Å². The second-order valence-electron chi connectivity index (χ2n) is 8.11. The number of rotatable bonds is 7. The van der Waals surface area contributed by atoms with E-state index in [0.717, 1.165) is 41.4 Å². The number of benzene rings is 2. The highest BCUT2D eigenvalue weighted by molar-refractivity contribution is 5.90. The average Bonchev–Trinajstić information content (AvgIpc) is 2.64. The molecule has 4 nitrogen and oxygen atoms in total. The van der Waals surface area contributed by atoms with E-state index in [1.54, 1.807) is 0 Å². The summed E-state index contributed by atoms with van der Waals surface area (Å²) >= 11 is 0. The third-order valence-corrected chi connectivity index (χ3v) is 5.86. The normalized spacial score (nSPS) is 20.1. The monoisotopic (exact) mass is 369 g/mol. The van der Waals surface area contributed by atoms with Crippen LogP contribution in [-0.4, -0.2) is 23.7 Å². The Bertz CT molecular complexity index is 792. The Morgan fingerprint density at radius 3 is 2.48 bits per heavy atom. The van der Waals surface area contributed by atoms with E-state index in [-0.39, 0.29) is 12.6 Å². The SMILES string of the molecule is Cc1cc(OC2CCC(C(C)C)CC2)c(CNCC(=O)O)c2ccccc12. The highest BCUT2D eigenvalue weighted by atomic mass is 16.5. The van der Waals surface area contributed by atoms with Gasteiger partial charge in [-0.15, -0.1) is 0 Å². The molecule has 0 amide bonds. The lowest BCUT2D eigenvalue weighted by molar-refractivity contribution is -0.136. The van der Waals surface area contributed by atoms with Gasteiger partial charge >= 0.3 is 5.97 Å². The first kappa shape index (κ1) is 19.7. The molecule has 4 heteroatoms. The van der Waals surface area contributed by atoms with Crippen LogP contribution in [0, 0.1) is 18.8 Å². The van der Waals surface area contributed by atoms with Crippen LogP contribution in [0.5, 0.6) is 5.75 Å². The zero-order valence-electron chi connectivity index (χ0n) is 16.6. The van der Waals surface area contributed by atoms with E-state index in [2.05, 4.69) is 44.3 Å². The number of aliphatic carboxylic acids is 1. The second-order valence-corrected chi connectivity index (χ2v) is 8.11. The summed E-state index contributed by atoms with van der Waals surface area (Å²) in [6, 6.07) is 10.4. The van der Waals surface area contributed by atoms with E-state index in [1.807, 2.05) is 12.1 Å². The van der Waals surface area contributed by atoms with Crippen LogP contribution in [0.4, 0.5) is 0 Å². The predicted octanol–water partition coefficient (Wildman–Crippen LogP) is 4.92. The Hall–Kier alpha value is -2.07. The van der Waals surface area contributed by atoms with E-state index in [0.29, 0.717) is 6.54 Å². The van der Waals surface area contributed by atoms with Gasteiger partial charge in [0.2, 0.25) is 0 Å². The third kappa shape index (κ3) is 4.81. The van der Waals surface area contributed by atoms with Crippen molar-refractivity contribution in [3.63, 3.8) is 0 Å². The minimum Gasteiger partial charge on any atom is -0.490 e. The number of carboxylic acid groups (broad SMARTS) is 1. The van der Waals surface area contributed by atoms with Crippen LogP contribution in [-0.2, 0) is 11.3 Å². The van der Waals surface area contributed by atoms with Gasteiger partial charge in [0, 0.05) is 12.1 Å². The number of aryl methyl sites for hydroxylation is 1. The van der Waals surface area contributed by atoms with Gasteiger partial charge in [-0.3, -0.25) is 4.79 Å². The molecular formula is C23H31NO3. The molecule has 1 aliphatic rings. The summed E-state index contributed by atoms with van der Waals surface area (Å²) in [5.74, 6) is 1.60. The summed E-state index contributed by atoms with van der Waals surface area (Å²) in [5, 5.41) is 14.3. The van der Waals surface area contributed by atoms with Crippen molar-refractivity contribution in [2.45, 2.75) is 59.1 Å². The topological polar surface area (TPSA) is 58.6 Å². The van der Waals surface area contributed by atoms with Gasteiger partial charge in [-0.25, -0.2) is 0 Å². The summed E-state index contributed by atoms with van der Waals surface area (Å²) in [4.78, 5) is 10.9. The fraction of sp³-hybridized carbons (Fsp3) is 0.522. The molecule has 0 saturated heterocycles. The number of ether oxygens (including phenoxy) is 1. The summed E-state index contributed by atoms with van der Waals surface area (Å²) in [6.45, 7) is 7.17. The van der Waals surface area contributed by atoms with Gasteiger partial charge in [-0.2, -0.15) is 0 Å². The molecule has 2 aromatic carbocycles. The molecule has 146 valence electrons. The van der Waals surface area contributed by atoms with Crippen molar-refractivity contribution in [3.8, 4) is 5.75 Å². The summed E-state index contributed by atoms with van der Waals surface area (Å²) in [5.41, 5.74) is 2.25. The van der Waals surface area contributed by atoms with Crippen molar-refractivity contribution in [2.24, 2.45) is 11.8 Å². The molecule has 2 aromatic rings. The lowest BCUT2D eigenvalue weighted by Gasteiger charge is -2.32. The standard InChI is InChI=1S/C23H31NO3/c1-15(2)17-8-10-18(11-9-17)27-22-12-16(3)19-6-4-5-7-20(19)21(22)13-24-14-23(25)26/h4-7,12,15,17-18,24H,8-11,13-14H2,1-3H3,(H,25,26). The first-order valence-electron chi connectivity index (χ1n) is 10.1. The van der Waals surface area contributed by atoms with Crippen molar-refractivity contribution >= 4 is 16.7 Å². The molecule has 1 fully saturated rings. The third-order valence-electron chi connectivity index (χ3n) is 5.86. The van der Waals surface area contributed by atoms with Crippen molar-refractivity contribution in [1.82, 2.24) is 5.32 Å². The van der Waals surface area contributed by atoms with Crippen LogP contribution in [0.2, 0.25) is 0 Å². The van der Waals surface area contributed by atoms with Gasteiger partial charge in [0.15, 0.2) is 0 Å². The number of hydrogen-bond acceptors (Lipinski definition) is 3. The number of fused-ring (bicyclic) bond motifs is 1. The van der Waals surface area contributed by atoms with Crippen molar-refractivity contribution in [1.29, 1.82) is 0 Å². The molecule has 0 radical (unpaired) electrons. The number of nitrogens with one attached hydrogen (secondary N) is 1. The van der Waals surface area contributed by atoms with Crippen LogP contribution < -0.4 is 10.1 Å². The Morgan fingerprint density at radius 2 is 1.85 bits per heavy atom. The van der Waals surface area contributed by atoms with Gasteiger partial charge in [-0.1, -0.05) is 38.1 Å². The molecule has 0 unspecified atom stereocenters. The maximum Gasteiger partial charge on any atom is 0.317 e. The van der Waals surface area contributed by atoms with E-state index in [1.165, 1.54) is 23.8 Å². The number of carbonyl (C=O) groups is 1. The molecule has 1 aliphatic carbocycles. The van der Waals surface area contributed by atoms with E-state index < -0.39 is 5.97 Å². The van der Waals surface area contributed by atoms with Crippen LogP contribution in [0.3, 0.4) is 0 Å². The lowest BCUT2D eigenvalue weighted by Crippen LogP contribution is -2.27. The Balaban J connectivity index is 1.83. The highest BCUT2D eigenvalue weighted by Crippen LogP contribution is 2.36. The summed E-state index contributed by atoms with van der Waals surface area (Å²) in [6.07, 6.45) is 4.88. The van der Waals surface area contributed by atoms with E-state index in [9.17, 15) is 4.79 Å². The second kappa shape index (κ2) is 8.75. The maximum atomic E-state index is 10.9. The molecule has 0 atom stereocenters. The van der Waals surface area contributed by atoms with Crippen molar-refractivity contribution in [3.05, 3.63) is 41.5 Å². The summed E-state index contributed by atoms with van der Waals surface area (Å²) in [7, 11) is 0. The molecular weight excluding hydrogens is 338 g/mol. The van der Waals surface area contributed by atoms with Gasteiger partial charge in [0.1, 0.15) is 5.75 Å². The highest BCUT2D eigenvalue weighted by Gasteiger charge is 2.25. The first-order chi connectivity index (χ1) is 13.0. The zero-order chi connectivity index (χ0) is 19.4. The molecule has 0 aromatic heterocycles. The van der Waals surface area contributed by atoms with Crippen LogP contribution in [0.1, 0.15) is 50.7 Å². The van der Waals surface area contributed by atoms with Gasteiger partial charge in [0.05, 0.1) is 12.6 Å². The largest absolute Gasteiger partial charge is 0.490 e. The number of carboxylic acids is 1. The molecule has 27 heavy (non-hydrogen) atoms. The van der Waals surface area contributed by atoms with E-state index >= 15 is 0 Å². The molecule has 0 aliphatic heterocycles. The molecule has 0 spiro atoms. The lowest BCUT2D eigenvalue weighted by atomic mass is 9.80. The zero-order valence-corrected chi connectivity index (χ0v) is 16.6. The quantitative estimate of drug-likeness (QED) is 0.727. The molecule has 0 heterocycles. The maximum absolute atomic E-state index is 10.9. The Morgan fingerprint density at radius 1 is 1.19 bits per heavy atom. The van der Waals surface area contributed by atoms with Crippen LogP contribution in [0.15, 0.2) is 30.3 Å². The predicted molar refractivity (Wildman–Crippen MR) is 109 cm³/mol. The molecule has 3 rings (SSSR count). The van der Waals surface area contributed by atoms with Crippen LogP contribution in [0.25, 0.3) is 10.8 Å². The van der Waals surface area contributed by atoms with E-state index in [4.69, 9.17) is 9.84 Å². The molecule has 2 N–H and O–H groups in total. The molecule has 0 bridgehead atoms. The smallest absolute Gasteiger partial charge is 0.317 e. The van der Waals surface area contributed by atoms with Crippen LogP contribution >= 0.6 is 0 Å². The van der Waals surface area contributed by atoms with Crippen molar-refractivity contribution < 1.29 is 14.6 Å². The fourth-order valence-electron chi connectivity index (χ4n) is 4.22. The average molecular weight is 370 g/mol. The van der Waals surface area contributed by atoms with Gasteiger partial charge in [-0.05, 0) is 66.8 Å². The fourth-order valence-corrected chi connectivity index (χ4v) is 4.22. The van der Waals surface area contributed by atoms with Gasteiger partial charge < -0.3 is 15.2 Å². The minimum atomic E-state index is -0.846. The minimum absolute atomic E-state index is 0.0544. The molecule has 1 saturated carbocycles. The Kier molecular flexibility index (Phi) is 6.38.